The van der Waals surface area contributed by atoms with Gasteiger partial charge in [0.1, 0.15) is 5.69 Å². The van der Waals surface area contributed by atoms with E-state index in [0.717, 1.165) is 12.1 Å². The van der Waals surface area contributed by atoms with Crippen molar-refractivity contribution in [3.8, 4) is 0 Å². The van der Waals surface area contributed by atoms with E-state index < -0.39 is 22.4 Å². The number of amides is 1. The van der Waals surface area contributed by atoms with Gasteiger partial charge in [0.25, 0.3) is 5.69 Å². The van der Waals surface area contributed by atoms with E-state index in [2.05, 4.69) is 5.32 Å². The van der Waals surface area contributed by atoms with Crippen molar-refractivity contribution in [2.75, 3.05) is 31.1 Å². The number of nitrogens with two attached hydrogens (primary N) is 1. The highest BCUT2D eigenvalue weighted by atomic mass is 19.4. The Morgan fingerprint density at radius 2 is 2.00 bits per heavy atom. The Balaban J connectivity index is 2.12. The van der Waals surface area contributed by atoms with Gasteiger partial charge in [0, 0.05) is 38.2 Å². The van der Waals surface area contributed by atoms with Crippen LogP contribution >= 0.6 is 0 Å². The van der Waals surface area contributed by atoms with Crippen molar-refractivity contribution in [3.05, 3.63) is 33.9 Å². The summed E-state index contributed by atoms with van der Waals surface area (Å²) in [6.07, 6.45) is -3.71. The standard InChI is InChI=1S/C15H19F3N4O3/c16-15(17,18)11-1-2-12(13(9-11)22(24)25)21-7-3-10(4-8-21)14(23)20-6-5-19/h1-2,9-10H,3-8,19H2,(H,20,23). The third-order valence-electron chi connectivity index (χ3n) is 4.15. The summed E-state index contributed by atoms with van der Waals surface area (Å²) in [6, 6.07) is 2.51. The molecule has 0 bridgehead atoms. The molecule has 0 saturated carbocycles. The summed E-state index contributed by atoms with van der Waals surface area (Å²) < 4.78 is 38.3. The average Bonchev–Trinajstić information content (AvgIpc) is 2.58. The molecule has 7 nitrogen and oxygen atoms in total. The minimum Gasteiger partial charge on any atom is -0.366 e. The molecule has 1 saturated heterocycles. The Labute approximate surface area is 142 Å². The van der Waals surface area contributed by atoms with Crippen LogP contribution in [0.1, 0.15) is 18.4 Å². The largest absolute Gasteiger partial charge is 0.416 e. The lowest BCUT2D eigenvalue weighted by Gasteiger charge is -2.32. The number of piperidine rings is 1. The SMILES string of the molecule is NCCNC(=O)C1CCN(c2ccc(C(F)(F)F)cc2[N+](=O)[O-])CC1. The van der Waals surface area contributed by atoms with Gasteiger partial charge >= 0.3 is 6.18 Å². The summed E-state index contributed by atoms with van der Waals surface area (Å²) in [5.41, 5.74) is 3.82. The number of anilines is 1. The van der Waals surface area contributed by atoms with Gasteiger partial charge in [-0.3, -0.25) is 14.9 Å². The molecule has 1 amide bonds. The highest BCUT2D eigenvalue weighted by molar-refractivity contribution is 5.79. The molecular formula is C15H19F3N4O3. The molecule has 1 aliphatic rings. The van der Waals surface area contributed by atoms with Gasteiger partial charge in [-0.05, 0) is 25.0 Å². The number of benzene rings is 1. The second kappa shape index (κ2) is 7.68. The fraction of sp³-hybridized carbons (Fsp3) is 0.533. The van der Waals surface area contributed by atoms with E-state index in [-0.39, 0.29) is 17.5 Å². The molecule has 0 atom stereocenters. The van der Waals surface area contributed by atoms with Gasteiger partial charge < -0.3 is 16.0 Å². The lowest BCUT2D eigenvalue weighted by atomic mass is 9.95. The molecule has 1 aromatic carbocycles. The zero-order valence-corrected chi connectivity index (χ0v) is 13.4. The number of hydrogen-bond acceptors (Lipinski definition) is 5. The molecule has 0 spiro atoms. The monoisotopic (exact) mass is 360 g/mol. The number of nitrogens with one attached hydrogen (secondary N) is 1. The number of alkyl halides is 3. The molecule has 0 unspecified atom stereocenters. The summed E-state index contributed by atoms with van der Waals surface area (Å²) in [7, 11) is 0. The van der Waals surface area contributed by atoms with E-state index in [1.165, 1.54) is 0 Å². The Morgan fingerprint density at radius 3 is 2.52 bits per heavy atom. The van der Waals surface area contributed by atoms with Crippen LogP contribution in [-0.4, -0.2) is 37.0 Å². The fourth-order valence-electron chi connectivity index (χ4n) is 2.84. The lowest BCUT2D eigenvalue weighted by Crippen LogP contribution is -2.41. The first kappa shape index (κ1) is 19.0. The third-order valence-corrected chi connectivity index (χ3v) is 4.15. The second-order valence-corrected chi connectivity index (χ2v) is 5.80. The van der Waals surface area contributed by atoms with E-state index in [1.54, 1.807) is 4.90 Å². The van der Waals surface area contributed by atoms with Crippen molar-refractivity contribution < 1.29 is 22.9 Å². The van der Waals surface area contributed by atoms with E-state index in [9.17, 15) is 28.1 Å². The Kier molecular flexibility index (Phi) is 5.83. The molecular weight excluding hydrogens is 341 g/mol. The molecule has 1 fully saturated rings. The van der Waals surface area contributed by atoms with Gasteiger partial charge in [-0.15, -0.1) is 0 Å². The van der Waals surface area contributed by atoms with Gasteiger partial charge in [-0.2, -0.15) is 13.2 Å². The van der Waals surface area contributed by atoms with Crippen molar-refractivity contribution in [3.63, 3.8) is 0 Å². The zero-order chi connectivity index (χ0) is 18.6. The quantitative estimate of drug-likeness (QED) is 0.617. The number of hydrogen-bond donors (Lipinski definition) is 2. The average molecular weight is 360 g/mol. The lowest BCUT2D eigenvalue weighted by molar-refractivity contribution is -0.384. The first-order valence-electron chi connectivity index (χ1n) is 7.82. The van der Waals surface area contributed by atoms with Crippen LogP contribution in [-0.2, 0) is 11.0 Å². The third kappa shape index (κ3) is 4.59. The van der Waals surface area contributed by atoms with Crippen LogP contribution in [0.4, 0.5) is 24.5 Å². The summed E-state index contributed by atoms with van der Waals surface area (Å²) in [5, 5.41) is 13.9. The topological polar surface area (TPSA) is 102 Å². The van der Waals surface area contributed by atoms with Crippen LogP contribution in [0.25, 0.3) is 0 Å². The van der Waals surface area contributed by atoms with Crippen molar-refractivity contribution in [2.24, 2.45) is 11.7 Å². The molecule has 1 aliphatic heterocycles. The van der Waals surface area contributed by atoms with Crippen LogP contribution in [0, 0.1) is 16.0 Å². The Hall–Kier alpha value is -2.36. The van der Waals surface area contributed by atoms with Gasteiger partial charge in [0.15, 0.2) is 0 Å². The van der Waals surface area contributed by atoms with Crippen molar-refractivity contribution in [2.45, 2.75) is 19.0 Å². The number of carbonyl (C=O) groups is 1. The molecule has 3 N–H and O–H groups in total. The smallest absolute Gasteiger partial charge is 0.366 e. The molecule has 0 aromatic heterocycles. The van der Waals surface area contributed by atoms with Crippen molar-refractivity contribution >= 4 is 17.3 Å². The number of rotatable bonds is 5. The molecule has 1 aromatic rings. The minimum atomic E-state index is -4.64. The van der Waals surface area contributed by atoms with Gasteiger partial charge in [0.05, 0.1) is 10.5 Å². The fourth-order valence-corrected chi connectivity index (χ4v) is 2.84. The molecule has 138 valence electrons. The predicted molar refractivity (Wildman–Crippen MR) is 85.1 cm³/mol. The van der Waals surface area contributed by atoms with Crippen LogP contribution in [0.2, 0.25) is 0 Å². The maximum absolute atomic E-state index is 12.8. The van der Waals surface area contributed by atoms with Gasteiger partial charge in [-0.1, -0.05) is 0 Å². The summed E-state index contributed by atoms with van der Waals surface area (Å²) in [5.74, 6) is -0.344. The normalized spacial score (nSPS) is 15.9. The van der Waals surface area contributed by atoms with Gasteiger partial charge in [0.2, 0.25) is 5.91 Å². The van der Waals surface area contributed by atoms with Crippen LogP contribution < -0.4 is 16.0 Å². The van der Waals surface area contributed by atoms with E-state index in [4.69, 9.17) is 5.73 Å². The predicted octanol–water partition coefficient (Wildman–Crippen LogP) is 1.90. The molecule has 10 heteroatoms. The summed E-state index contributed by atoms with van der Waals surface area (Å²) in [6.45, 7) is 1.42. The molecule has 1 heterocycles. The molecule has 25 heavy (non-hydrogen) atoms. The molecule has 0 radical (unpaired) electrons. The van der Waals surface area contributed by atoms with Crippen LogP contribution in [0.3, 0.4) is 0 Å². The molecule has 2 rings (SSSR count). The maximum Gasteiger partial charge on any atom is 0.416 e. The number of halogens is 3. The minimum absolute atomic E-state index is 0.119. The van der Waals surface area contributed by atoms with Gasteiger partial charge in [-0.25, -0.2) is 0 Å². The zero-order valence-electron chi connectivity index (χ0n) is 13.4. The molecule has 0 aliphatic carbocycles. The first-order valence-corrected chi connectivity index (χ1v) is 7.82. The van der Waals surface area contributed by atoms with Crippen LogP contribution in [0.15, 0.2) is 18.2 Å². The number of carbonyl (C=O) groups excluding carboxylic acids is 1. The maximum atomic E-state index is 12.8. The first-order chi connectivity index (χ1) is 11.7. The van der Waals surface area contributed by atoms with E-state index in [0.29, 0.717) is 45.1 Å². The second-order valence-electron chi connectivity index (χ2n) is 5.80. The number of nitro groups is 1. The van der Waals surface area contributed by atoms with E-state index >= 15 is 0 Å². The highest BCUT2D eigenvalue weighted by Crippen LogP contribution is 2.37. The van der Waals surface area contributed by atoms with Crippen molar-refractivity contribution in [1.29, 1.82) is 0 Å². The van der Waals surface area contributed by atoms with Crippen LogP contribution in [0.5, 0.6) is 0 Å². The summed E-state index contributed by atoms with van der Waals surface area (Å²) >= 11 is 0. The highest BCUT2D eigenvalue weighted by Gasteiger charge is 2.34. The van der Waals surface area contributed by atoms with E-state index in [1.807, 2.05) is 0 Å². The Morgan fingerprint density at radius 1 is 1.36 bits per heavy atom. The van der Waals surface area contributed by atoms with Crippen molar-refractivity contribution in [1.82, 2.24) is 5.32 Å². The summed E-state index contributed by atoms with van der Waals surface area (Å²) in [4.78, 5) is 23.9. The number of nitro benzene ring substituents is 1. The number of nitrogens with zero attached hydrogens (tertiary/aromatic N) is 2. The Bertz CT molecular complexity index is 643.